The summed E-state index contributed by atoms with van der Waals surface area (Å²) in [6.07, 6.45) is 0.789. The van der Waals surface area contributed by atoms with E-state index in [1.54, 1.807) is 0 Å². The van der Waals surface area contributed by atoms with E-state index in [0.717, 1.165) is 17.5 Å². The summed E-state index contributed by atoms with van der Waals surface area (Å²) in [5.41, 5.74) is 2.55. The normalized spacial score (nSPS) is 12.4. The molecule has 0 aliphatic rings. The summed E-state index contributed by atoms with van der Waals surface area (Å²) in [6, 6.07) is 11.9. The minimum Gasteiger partial charge on any atom is -0.411 e. The van der Waals surface area contributed by atoms with Gasteiger partial charge in [-0.1, -0.05) is 51.1 Å². The highest BCUT2D eigenvalue weighted by atomic mass is 28.4. The van der Waals surface area contributed by atoms with Gasteiger partial charge in [0.2, 0.25) is 0 Å². The zero-order valence-electron chi connectivity index (χ0n) is 14.7. The van der Waals surface area contributed by atoms with Gasteiger partial charge in [-0.2, -0.15) is 5.10 Å². The SMILES string of the molecule is CC(C)(C)[Si](C)(C)OCc1cc(C=O)nn1Cc1ccccc1. The second kappa shape index (κ2) is 6.80. The van der Waals surface area contributed by atoms with Crippen molar-refractivity contribution in [2.75, 3.05) is 0 Å². The van der Waals surface area contributed by atoms with Crippen LogP contribution in [-0.2, 0) is 17.6 Å². The van der Waals surface area contributed by atoms with E-state index in [4.69, 9.17) is 4.43 Å². The molecule has 0 saturated heterocycles. The van der Waals surface area contributed by atoms with Crippen molar-refractivity contribution in [1.82, 2.24) is 9.78 Å². The second-order valence-corrected chi connectivity index (χ2v) is 12.2. The maximum Gasteiger partial charge on any atom is 0.192 e. The molecule has 0 amide bonds. The quantitative estimate of drug-likeness (QED) is 0.587. The first-order valence-corrected chi connectivity index (χ1v) is 10.8. The average molecular weight is 331 g/mol. The predicted octanol–water partition coefficient (Wildman–Crippen LogP) is 4.27. The molecule has 1 aromatic heterocycles. The van der Waals surface area contributed by atoms with Crippen LogP contribution < -0.4 is 0 Å². The average Bonchev–Trinajstić information content (AvgIpc) is 2.87. The molecule has 2 aromatic rings. The summed E-state index contributed by atoms with van der Waals surface area (Å²) in [5.74, 6) is 0. The molecule has 0 fully saturated rings. The number of aldehydes is 1. The van der Waals surface area contributed by atoms with Gasteiger partial charge in [-0.3, -0.25) is 9.48 Å². The Balaban J connectivity index is 2.18. The molecule has 0 N–H and O–H groups in total. The van der Waals surface area contributed by atoms with Crippen LogP contribution in [0, 0.1) is 0 Å². The summed E-state index contributed by atoms with van der Waals surface area (Å²) in [4.78, 5) is 11.1. The van der Waals surface area contributed by atoms with Gasteiger partial charge >= 0.3 is 0 Å². The molecule has 1 aromatic carbocycles. The molecule has 5 heteroatoms. The fourth-order valence-corrected chi connectivity index (χ4v) is 2.96. The number of hydrogen-bond acceptors (Lipinski definition) is 3. The Hall–Kier alpha value is -1.72. The van der Waals surface area contributed by atoms with Crippen molar-refractivity contribution in [2.45, 2.75) is 52.1 Å². The van der Waals surface area contributed by atoms with Crippen molar-refractivity contribution in [3.63, 3.8) is 0 Å². The summed E-state index contributed by atoms with van der Waals surface area (Å²) in [6.45, 7) is 12.2. The number of carbonyl (C=O) groups excluding carboxylic acids is 1. The Morgan fingerprint density at radius 1 is 1.22 bits per heavy atom. The molecule has 124 valence electrons. The Labute approximate surface area is 139 Å². The van der Waals surface area contributed by atoms with Crippen LogP contribution in [-0.4, -0.2) is 24.4 Å². The van der Waals surface area contributed by atoms with E-state index in [1.807, 2.05) is 28.9 Å². The third-order valence-corrected chi connectivity index (χ3v) is 9.04. The highest BCUT2D eigenvalue weighted by Crippen LogP contribution is 2.37. The fourth-order valence-electron chi connectivity index (χ4n) is 2.02. The maximum atomic E-state index is 11.1. The van der Waals surface area contributed by atoms with Crippen molar-refractivity contribution in [3.05, 3.63) is 53.3 Å². The minimum absolute atomic E-state index is 0.158. The molecule has 0 aliphatic heterocycles. The third kappa shape index (κ3) is 4.39. The van der Waals surface area contributed by atoms with Crippen LogP contribution in [0.25, 0.3) is 0 Å². The van der Waals surface area contributed by atoms with Crippen molar-refractivity contribution >= 4 is 14.6 Å². The molecule has 0 radical (unpaired) electrons. The first-order valence-electron chi connectivity index (χ1n) is 7.93. The van der Waals surface area contributed by atoms with E-state index >= 15 is 0 Å². The lowest BCUT2D eigenvalue weighted by Gasteiger charge is -2.36. The summed E-state index contributed by atoms with van der Waals surface area (Å²) < 4.78 is 8.15. The van der Waals surface area contributed by atoms with E-state index in [-0.39, 0.29) is 5.04 Å². The summed E-state index contributed by atoms with van der Waals surface area (Å²) >= 11 is 0. The van der Waals surface area contributed by atoms with Crippen LogP contribution in [0.4, 0.5) is 0 Å². The van der Waals surface area contributed by atoms with E-state index in [1.165, 1.54) is 0 Å². The monoisotopic (exact) mass is 330 g/mol. The van der Waals surface area contributed by atoms with Gasteiger partial charge < -0.3 is 4.43 Å². The van der Waals surface area contributed by atoms with Gasteiger partial charge in [0.05, 0.1) is 18.8 Å². The number of benzene rings is 1. The molecule has 23 heavy (non-hydrogen) atoms. The largest absolute Gasteiger partial charge is 0.411 e. The van der Waals surface area contributed by atoms with Crippen LogP contribution in [0.1, 0.15) is 42.5 Å². The Bertz CT molecular complexity index is 657. The Kier molecular flexibility index (Phi) is 5.22. The molecule has 1 heterocycles. The van der Waals surface area contributed by atoms with Gasteiger partial charge in [0, 0.05) is 0 Å². The van der Waals surface area contributed by atoms with Gasteiger partial charge in [0.1, 0.15) is 5.69 Å². The predicted molar refractivity (Wildman–Crippen MR) is 95.1 cm³/mol. The summed E-state index contributed by atoms with van der Waals surface area (Å²) in [5, 5.41) is 4.53. The topological polar surface area (TPSA) is 44.1 Å². The van der Waals surface area contributed by atoms with Crippen molar-refractivity contribution < 1.29 is 9.22 Å². The van der Waals surface area contributed by atoms with Crippen molar-refractivity contribution in [2.24, 2.45) is 0 Å². The number of aromatic nitrogens is 2. The van der Waals surface area contributed by atoms with Gasteiger partial charge in [-0.25, -0.2) is 0 Å². The maximum absolute atomic E-state index is 11.1. The van der Waals surface area contributed by atoms with Gasteiger partial charge in [-0.15, -0.1) is 0 Å². The molecule has 0 unspecified atom stereocenters. The Morgan fingerprint density at radius 2 is 1.87 bits per heavy atom. The highest BCUT2D eigenvalue weighted by molar-refractivity contribution is 6.74. The van der Waals surface area contributed by atoms with Crippen LogP contribution in [0.5, 0.6) is 0 Å². The van der Waals surface area contributed by atoms with Gasteiger partial charge in [0.15, 0.2) is 14.6 Å². The first kappa shape index (κ1) is 17.6. The van der Waals surface area contributed by atoms with Crippen LogP contribution >= 0.6 is 0 Å². The van der Waals surface area contributed by atoms with Gasteiger partial charge in [0.25, 0.3) is 0 Å². The van der Waals surface area contributed by atoms with E-state index < -0.39 is 8.32 Å². The molecular weight excluding hydrogens is 304 g/mol. The molecule has 0 aliphatic carbocycles. The standard InChI is InChI=1S/C18H26N2O2Si/c1-18(2,3)23(4,5)22-14-17-11-16(13-21)19-20(17)12-15-9-7-6-8-10-15/h6-11,13H,12,14H2,1-5H3. The zero-order chi connectivity index (χ0) is 17.1. The summed E-state index contributed by atoms with van der Waals surface area (Å²) in [7, 11) is -1.83. The van der Waals surface area contributed by atoms with Crippen LogP contribution in [0.2, 0.25) is 18.1 Å². The molecule has 0 spiro atoms. The molecule has 0 atom stereocenters. The number of carbonyl (C=O) groups is 1. The molecular formula is C18H26N2O2Si. The van der Waals surface area contributed by atoms with Gasteiger partial charge in [-0.05, 0) is 29.8 Å². The Morgan fingerprint density at radius 3 is 2.43 bits per heavy atom. The number of nitrogens with zero attached hydrogens (tertiary/aromatic N) is 2. The lowest BCUT2D eigenvalue weighted by atomic mass is 10.2. The molecule has 2 rings (SSSR count). The zero-order valence-corrected chi connectivity index (χ0v) is 15.7. The highest BCUT2D eigenvalue weighted by Gasteiger charge is 2.37. The smallest absolute Gasteiger partial charge is 0.192 e. The third-order valence-electron chi connectivity index (χ3n) is 4.57. The number of rotatable bonds is 6. The van der Waals surface area contributed by atoms with E-state index in [0.29, 0.717) is 18.8 Å². The first-order chi connectivity index (χ1) is 10.7. The lowest BCUT2D eigenvalue weighted by molar-refractivity contribution is 0.111. The van der Waals surface area contributed by atoms with E-state index in [2.05, 4.69) is 51.1 Å². The fraction of sp³-hybridized carbons (Fsp3) is 0.444. The minimum atomic E-state index is -1.83. The second-order valence-electron chi connectivity index (χ2n) is 7.37. The van der Waals surface area contributed by atoms with E-state index in [9.17, 15) is 4.79 Å². The van der Waals surface area contributed by atoms with Crippen LogP contribution in [0.15, 0.2) is 36.4 Å². The van der Waals surface area contributed by atoms with Crippen molar-refractivity contribution in [1.29, 1.82) is 0 Å². The lowest BCUT2D eigenvalue weighted by Crippen LogP contribution is -2.40. The van der Waals surface area contributed by atoms with Crippen molar-refractivity contribution in [3.8, 4) is 0 Å². The van der Waals surface area contributed by atoms with Crippen LogP contribution in [0.3, 0.4) is 0 Å². The molecule has 4 nitrogen and oxygen atoms in total. The molecule has 0 bridgehead atoms. The number of hydrogen-bond donors (Lipinski definition) is 0. The molecule has 0 saturated carbocycles.